The molecule has 5 nitrogen and oxygen atoms in total. The molecule has 0 aliphatic heterocycles. The number of carboxylic acid groups (broad SMARTS) is 1. The normalized spacial score (nSPS) is 15.1. The minimum Gasteiger partial charge on any atom is -0.481 e. The highest BCUT2D eigenvalue weighted by molar-refractivity contribution is 5.74. The third-order valence-electron chi connectivity index (χ3n) is 3.22. The second-order valence-corrected chi connectivity index (χ2v) is 4.56. The summed E-state index contributed by atoms with van der Waals surface area (Å²) in [5, 5.41) is 11.2. The van der Waals surface area contributed by atoms with E-state index in [-0.39, 0.29) is 12.5 Å². The number of aliphatic carboxylic acids is 1. The first-order chi connectivity index (χ1) is 8.13. The SMILES string of the molecule is CCN(CC1CCC1)C(=O)NCCCC(=O)O. The third kappa shape index (κ3) is 5.06. The summed E-state index contributed by atoms with van der Waals surface area (Å²) in [5.74, 6) is -0.152. The Balaban J connectivity index is 2.16. The number of rotatable bonds is 7. The molecule has 1 rings (SSSR count). The van der Waals surface area contributed by atoms with Gasteiger partial charge in [-0.2, -0.15) is 0 Å². The van der Waals surface area contributed by atoms with E-state index in [9.17, 15) is 9.59 Å². The number of amides is 2. The lowest BCUT2D eigenvalue weighted by Crippen LogP contribution is -2.43. The van der Waals surface area contributed by atoms with Crippen molar-refractivity contribution in [3.63, 3.8) is 0 Å². The van der Waals surface area contributed by atoms with Crippen LogP contribution in [0, 0.1) is 5.92 Å². The van der Waals surface area contributed by atoms with Gasteiger partial charge in [0.1, 0.15) is 0 Å². The zero-order chi connectivity index (χ0) is 12.7. The molecule has 1 aliphatic rings. The van der Waals surface area contributed by atoms with Crippen molar-refractivity contribution in [3.05, 3.63) is 0 Å². The van der Waals surface area contributed by atoms with Crippen molar-refractivity contribution in [1.29, 1.82) is 0 Å². The van der Waals surface area contributed by atoms with Crippen molar-refractivity contribution in [2.75, 3.05) is 19.6 Å². The van der Waals surface area contributed by atoms with Crippen molar-refractivity contribution < 1.29 is 14.7 Å². The van der Waals surface area contributed by atoms with Crippen LogP contribution in [-0.2, 0) is 4.79 Å². The minimum absolute atomic E-state index is 0.0650. The van der Waals surface area contributed by atoms with Gasteiger partial charge in [-0.25, -0.2) is 4.79 Å². The van der Waals surface area contributed by atoms with E-state index in [1.165, 1.54) is 19.3 Å². The zero-order valence-electron chi connectivity index (χ0n) is 10.4. The van der Waals surface area contributed by atoms with Crippen molar-refractivity contribution in [1.82, 2.24) is 10.2 Å². The fraction of sp³-hybridized carbons (Fsp3) is 0.833. The van der Waals surface area contributed by atoms with Crippen molar-refractivity contribution in [2.45, 2.75) is 39.0 Å². The molecule has 0 radical (unpaired) electrons. The largest absolute Gasteiger partial charge is 0.481 e. The summed E-state index contributed by atoms with van der Waals surface area (Å²) >= 11 is 0. The molecule has 2 amide bonds. The lowest BCUT2D eigenvalue weighted by Gasteiger charge is -2.31. The second-order valence-electron chi connectivity index (χ2n) is 4.56. The lowest BCUT2D eigenvalue weighted by atomic mass is 9.85. The molecule has 5 heteroatoms. The maximum absolute atomic E-state index is 11.8. The van der Waals surface area contributed by atoms with Crippen LogP contribution in [0.3, 0.4) is 0 Å². The van der Waals surface area contributed by atoms with E-state index in [2.05, 4.69) is 5.32 Å². The molecule has 0 spiro atoms. The second kappa shape index (κ2) is 7.14. The number of hydrogen-bond acceptors (Lipinski definition) is 2. The first kappa shape index (κ1) is 13.8. The molecule has 0 aromatic heterocycles. The summed E-state index contributed by atoms with van der Waals surface area (Å²) in [4.78, 5) is 23.9. The Labute approximate surface area is 102 Å². The van der Waals surface area contributed by atoms with Crippen LogP contribution in [0.1, 0.15) is 39.0 Å². The first-order valence-electron chi connectivity index (χ1n) is 6.38. The predicted octanol–water partition coefficient (Wildman–Crippen LogP) is 1.68. The molecule has 1 saturated carbocycles. The van der Waals surface area contributed by atoms with Crippen LogP contribution in [0.2, 0.25) is 0 Å². The molecule has 1 fully saturated rings. The predicted molar refractivity (Wildman–Crippen MR) is 64.9 cm³/mol. The van der Waals surface area contributed by atoms with Gasteiger partial charge in [0.2, 0.25) is 0 Å². The molecule has 1 aliphatic carbocycles. The summed E-state index contributed by atoms with van der Waals surface area (Å²) < 4.78 is 0. The van der Waals surface area contributed by atoms with Gasteiger partial charge >= 0.3 is 12.0 Å². The van der Waals surface area contributed by atoms with Gasteiger partial charge < -0.3 is 15.3 Å². The monoisotopic (exact) mass is 242 g/mol. The van der Waals surface area contributed by atoms with Crippen LogP contribution in [0.15, 0.2) is 0 Å². The minimum atomic E-state index is -0.818. The zero-order valence-corrected chi connectivity index (χ0v) is 10.4. The van der Waals surface area contributed by atoms with Crippen molar-refractivity contribution in [2.24, 2.45) is 5.92 Å². The number of nitrogens with zero attached hydrogens (tertiary/aromatic N) is 1. The summed E-state index contributed by atoms with van der Waals surface area (Å²) in [6.45, 7) is 3.95. The van der Waals surface area contributed by atoms with Gasteiger partial charge in [0.15, 0.2) is 0 Å². The summed E-state index contributed by atoms with van der Waals surface area (Å²) in [6, 6.07) is -0.0650. The topological polar surface area (TPSA) is 69.6 Å². The van der Waals surface area contributed by atoms with Crippen LogP contribution in [0.25, 0.3) is 0 Å². The van der Waals surface area contributed by atoms with Crippen molar-refractivity contribution in [3.8, 4) is 0 Å². The van der Waals surface area contributed by atoms with E-state index >= 15 is 0 Å². The summed E-state index contributed by atoms with van der Waals surface area (Å²) in [6.07, 6.45) is 4.32. The number of urea groups is 1. The number of carboxylic acids is 1. The fourth-order valence-corrected chi connectivity index (χ4v) is 1.89. The quantitative estimate of drug-likeness (QED) is 0.667. The van der Waals surface area contributed by atoms with Crippen LogP contribution in [0.4, 0.5) is 4.79 Å². The van der Waals surface area contributed by atoms with Gasteiger partial charge in [-0.1, -0.05) is 6.42 Å². The van der Waals surface area contributed by atoms with Crippen LogP contribution in [-0.4, -0.2) is 41.6 Å². The van der Waals surface area contributed by atoms with E-state index in [1.54, 1.807) is 0 Å². The van der Waals surface area contributed by atoms with Crippen LogP contribution >= 0.6 is 0 Å². The van der Waals surface area contributed by atoms with E-state index in [0.717, 1.165) is 6.54 Å². The third-order valence-corrected chi connectivity index (χ3v) is 3.22. The fourth-order valence-electron chi connectivity index (χ4n) is 1.89. The Morgan fingerprint density at radius 2 is 2.12 bits per heavy atom. The van der Waals surface area contributed by atoms with Gasteiger partial charge in [0, 0.05) is 26.1 Å². The Bertz CT molecular complexity index is 264. The summed E-state index contributed by atoms with van der Waals surface area (Å²) in [7, 11) is 0. The number of carbonyl (C=O) groups excluding carboxylic acids is 1. The highest BCUT2D eigenvalue weighted by atomic mass is 16.4. The van der Waals surface area contributed by atoms with E-state index < -0.39 is 5.97 Å². The average molecular weight is 242 g/mol. The molecule has 98 valence electrons. The Morgan fingerprint density at radius 3 is 2.59 bits per heavy atom. The number of hydrogen-bond donors (Lipinski definition) is 2. The lowest BCUT2D eigenvalue weighted by molar-refractivity contribution is -0.137. The summed E-state index contributed by atoms with van der Waals surface area (Å²) in [5.41, 5.74) is 0. The van der Waals surface area contributed by atoms with Gasteiger partial charge in [-0.3, -0.25) is 4.79 Å². The molecular formula is C12H22N2O3. The smallest absolute Gasteiger partial charge is 0.317 e. The Morgan fingerprint density at radius 1 is 1.41 bits per heavy atom. The Hall–Kier alpha value is -1.26. The highest BCUT2D eigenvalue weighted by Gasteiger charge is 2.22. The molecule has 2 N–H and O–H groups in total. The maximum Gasteiger partial charge on any atom is 0.317 e. The molecule has 0 atom stereocenters. The highest BCUT2D eigenvalue weighted by Crippen LogP contribution is 2.26. The van der Waals surface area contributed by atoms with E-state index in [0.29, 0.717) is 25.4 Å². The van der Waals surface area contributed by atoms with Gasteiger partial charge in [-0.05, 0) is 32.1 Å². The molecule has 0 unspecified atom stereocenters. The maximum atomic E-state index is 11.8. The van der Waals surface area contributed by atoms with Crippen molar-refractivity contribution >= 4 is 12.0 Å². The van der Waals surface area contributed by atoms with Crippen LogP contribution < -0.4 is 5.32 Å². The van der Waals surface area contributed by atoms with Gasteiger partial charge in [0.25, 0.3) is 0 Å². The molecule has 0 aromatic rings. The molecular weight excluding hydrogens is 220 g/mol. The number of nitrogens with one attached hydrogen (secondary N) is 1. The van der Waals surface area contributed by atoms with E-state index in [1.807, 2.05) is 11.8 Å². The van der Waals surface area contributed by atoms with Crippen LogP contribution in [0.5, 0.6) is 0 Å². The number of carbonyl (C=O) groups is 2. The van der Waals surface area contributed by atoms with Gasteiger partial charge in [-0.15, -0.1) is 0 Å². The molecule has 0 aromatic carbocycles. The van der Waals surface area contributed by atoms with Gasteiger partial charge in [0.05, 0.1) is 0 Å². The molecule has 17 heavy (non-hydrogen) atoms. The Kier molecular flexibility index (Phi) is 5.80. The molecule has 0 saturated heterocycles. The standard InChI is InChI=1S/C12H22N2O3/c1-2-14(9-10-5-3-6-10)12(17)13-8-4-7-11(15)16/h10H,2-9H2,1H3,(H,13,17)(H,15,16). The molecule has 0 heterocycles. The average Bonchev–Trinajstić information content (AvgIpc) is 2.22. The first-order valence-corrected chi connectivity index (χ1v) is 6.38. The molecule has 0 bridgehead atoms. The van der Waals surface area contributed by atoms with E-state index in [4.69, 9.17) is 5.11 Å².